The first kappa shape index (κ1) is 12.2. The Morgan fingerprint density at radius 3 is 2.62 bits per heavy atom. The Labute approximate surface area is 108 Å². The molecule has 1 heteroatoms. The van der Waals surface area contributed by atoms with Crippen molar-refractivity contribution in [2.75, 3.05) is 0 Å². The number of hydrogen-bond acceptors (Lipinski definition) is 0. The van der Waals surface area contributed by atoms with Crippen molar-refractivity contribution in [2.24, 2.45) is 5.41 Å². The molecule has 0 amide bonds. The van der Waals surface area contributed by atoms with Crippen LogP contribution < -0.4 is 0 Å². The van der Waals surface area contributed by atoms with E-state index >= 15 is 0 Å². The van der Waals surface area contributed by atoms with Gasteiger partial charge < -0.3 is 0 Å². The quantitative estimate of drug-likeness (QED) is 0.692. The fraction of sp³-hybridized carbons (Fsp3) is 0.600. The third-order valence-corrected chi connectivity index (χ3v) is 5.43. The summed E-state index contributed by atoms with van der Waals surface area (Å²) in [6.45, 7) is 4.61. The van der Waals surface area contributed by atoms with Crippen LogP contribution in [0.4, 0.5) is 0 Å². The Morgan fingerprint density at radius 2 is 2.00 bits per heavy atom. The molecule has 1 fully saturated rings. The van der Waals surface area contributed by atoms with Gasteiger partial charge in [-0.1, -0.05) is 65.5 Å². The molecule has 0 radical (unpaired) electrons. The van der Waals surface area contributed by atoms with Gasteiger partial charge in [-0.25, -0.2) is 0 Å². The number of halogens is 1. The minimum atomic E-state index is 0.518. The van der Waals surface area contributed by atoms with E-state index in [0.29, 0.717) is 10.2 Å². The maximum atomic E-state index is 3.92. The summed E-state index contributed by atoms with van der Waals surface area (Å²) < 4.78 is 0. The van der Waals surface area contributed by atoms with Gasteiger partial charge in [-0.2, -0.15) is 0 Å². The molecule has 16 heavy (non-hydrogen) atoms. The topological polar surface area (TPSA) is 0 Å². The molecule has 0 N–H and O–H groups in total. The van der Waals surface area contributed by atoms with Crippen molar-refractivity contribution in [3.8, 4) is 0 Å². The van der Waals surface area contributed by atoms with Crippen molar-refractivity contribution in [1.29, 1.82) is 0 Å². The normalized spacial score (nSPS) is 20.9. The fourth-order valence-electron chi connectivity index (χ4n) is 2.79. The second-order valence-corrected chi connectivity index (χ2v) is 6.63. The average Bonchev–Trinajstić information content (AvgIpc) is 2.66. The highest BCUT2D eigenvalue weighted by Crippen LogP contribution is 2.44. The SMILES string of the molecule is Cc1cccc(CC(Br)C2(C)CCCC2)c1. The van der Waals surface area contributed by atoms with Crippen molar-refractivity contribution < 1.29 is 0 Å². The zero-order valence-electron chi connectivity index (χ0n) is 10.3. The maximum absolute atomic E-state index is 3.92. The van der Waals surface area contributed by atoms with Crippen LogP contribution in [0.2, 0.25) is 0 Å². The van der Waals surface area contributed by atoms with E-state index in [2.05, 4.69) is 54.0 Å². The molecule has 0 nitrogen and oxygen atoms in total. The van der Waals surface area contributed by atoms with Crippen molar-refractivity contribution >= 4 is 15.9 Å². The molecule has 1 aromatic carbocycles. The Morgan fingerprint density at radius 1 is 1.31 bits per heavy atom. The molecule has 0 aliphatic heterocycles. The summed E-state index contributed by atoms with van der Waals surface area (Å²) in [5.41, 5.74) is 3.35. The zero-order valence-corrected chi connectivity index (χ0v) is 11.9. The minimum Gasteiger partial charge on any atom is -0.0881 e. The van der Waals surface area contributed by atoms with Crippen LogP contribution in [0.5, 0.6) is 0 Å². The molecule has 0 heterocycles. The van der Waals surface area contributed by atoms with Crippen LogP contribution in [0.3, 0.4) is 0 Å². The Hall–Kier alpha value is -0.300. The predicted molar refractivity (Wildman–Crippen MR) is 74.2 cm³/mol. The molecule has 0 aromatic heterocycles. The number of rotatable bonds is 3. The Bertz CT molecular complexity index is 350. The highest BCUT2D eigenvalue weighted by molar-refractivity contribution is 9.09. The summed E-state index contributed by atoms with van der Waals surface area (Å²) in [7, 11) is 0. The van der Waals surface area contributed by atoms with Crippen molar-refractivity contribution in [2.45, 2.75) is 50.8 Å². The lowest BCUT2D eigenvalue weighted by Gasteiger charge is -2.30. The molecule has 1 atom stereocenters. The van der Waals surface area contributed by atoms with Gasteiger partial charge in [-0.05, 0) is 37.2 Å². The molecule has 1 unspecified atom stereocenters. The van der Waals surface area contributed by atoms with Crippen LogP contribution in [0.1, 0.15) is 43.7 Å². The molecule has 1 aromatic rings. The molecule has 88 valence electrons. The van der Waals surface area contributed by atoms with Crippen molar-refractivity contribution in [3.05, 3.63) is 35.4 Å². The third kappa shape index (κ3) is 2.68. The zero-order chi connectivity index (χ0) is 11.6. The van der Waals surface area contributed by atoms with E-state index in [4.69, 9.17) is 0 Å². The van der Waals surface area contributed by atoms with Gasteiger partial charge in [0.1, 0.15) is 0 Å². The summed E-state index contributed by atoms with van der Waals surface area (Å²) in [6.07, 6.45) is 6.75. The van der Waals surface area contributed by atoms with E-state index in [1.807, 2.05) is 0 Å². The van der Waals surface area contributed by atoms with Crippen molar-refractivity contribution in [1.82, 2.24) is 0 Å². The van der Waals surface area contributed by atoms with Crippen molar-refractivity contribution in [3.63, 3.8) is 0 Å². The second-order valence-electron chi connectivity index (χ2n) is 5.52. The molecular weight excluding hydrogens is 260 g/mol. The van der Waals surface area contributed by atoms with Gasteiger partial charge >= 0.3 is 0 Å². The Kier molecular flexibility index (Phi) is 3.73. The van der Waals surface area contributed by atoms with Crippen LogP contribution in [-0.4, -0.2) is 4.83 Å². The second kappa shape index (κ2) is 4.91. The van der Waals surface area contributed by atoms with E-state index in [9.17, 15) is 0 Å². The molecule has 2 rings (SSSR count). The third-order valence-electron chi connectivity index (χ3n) is 4.00. The first-order chi connectivity index (χ1) is 7.60. The monoisotopic (exact) mass is 280 g/mol. The predicted octanol–water partition coefficient (Wildman–Crippen LogP) is 4.88. The molecule has 0 spiro atoms. The van der Waals surface area contributed by atoms with Gasteiger partial charge in [0, 0.05) is 4.83 Å². The summed E-state index contributed by atoms with van der Waals surface area (Å²) in [4.78, 5) is 0.629. The van der Waals surface area contributed by atoms with Gasteiger partial charge in [-0.3, -0.25) is 0 Å². The van der Waals surface area contributed by atoms with Gasteiger partial charge in [0.2, 0.25) is 0 Å². The van der Waals surface area contributed by atoms with Gasteiger partial charge in [0.05, 0.1) is 0 Å². The lowest BCUT2D eigenvalue weighted by atomic mass is 9.82. The van der Waals surface area contributed by atoms with E-state index in [1.54, 1.807) is 0 Å². The maximum Gasteiger partial charge on any atom is 0.0239 e. The van der Waals surface area contributed by atoms with Gasteiger partial charge in [0.15, 0.2) is 0 Å². The van der Waals surface area contributed by atoms with Crippen LogP contribution in [0, 0.1) is 12.3 Å². The van der Waals surface area contributed by atoms with E-state index in [1.165, 1.54) is 36.8 Å². The van der Waals surface area contributed by atoms with Crippen LogP contribution in [0.25, 0.3) is 0 Å². The highest BCUT2D eigenvalue weighted by atomic mass is 79.9. The van der Waals surface area contributed by atoms with Gasteiger partial charge in [0.25, 0.3) is 0 Å². The van der Waals surface area contributed by atoms with Gasteiger partial charge in [-0.15, -0.1) is 0 Å². The van der Waals surface area contributed by atoms with Crippen LogP contribution in [-0.2, 0) is 6.42 Å². The molecule has 1 aliphatic rings. The number of benzene rings is 1. The molecule has 1 aliphatic carbocycles. The van der Waals surface area contributed by atoms with Crippen LogP contribution in [0.15, 0.2) is 24.3 Å². The lowest BCUT2D eigenvalue weighted by Crippen LogP contribution is -2.26. The standard InChI is InChI=1S/C15H21Br/c1-12-6-5-7-13(10-12)11-14(16)15(2)8-3-4-9-15/h5-7,10,14H,3-4,8-9,11H2,1-2H3. The highest BCUT2D eigenvalue weighted by Gasteiger charge is 2.35. The lowest BCUT2D eigenvalue weighted by molar-refractivity contribution is 0.325. The first-order valence-corrected chi connectivity index (χ1v) is 7.21. The summed E-state index contributed by atoms with van der Waals surface area (Å²) in [6, 6.07) is 8.90. The molecular formula is C15H21Br. The molecule has 1 saturated carbocycles. The molecule has 0 saturated heterocycles. The van der Waals surface area contributed by atoms with E-state index < -0.39 is 0 Å². The summed E-state index contributed by atoms with van der Waals surface area (Å²) >= 11 is 3.92. The van der Waals surface area contributed by atoms with E-state index in [0.717, 1.165) is 6.42 Å². The first-order valence-electron chi connectivity index (χ1n) is 6.30. The number of aryl methyl sites for hydroxylation is 1. The smallest absolute Gasteiger partial charge is 0.0239 e. The summed E-state index contributed by atoms with van der Waals surface area (Å²) in [5, 5.41) is 0. The largest absolute Gasteiger partial charge is 0.0881 e. The number of alkyl halides is 1. The fourth-order valence-corrected chi connectivity index (χ4v) is 3.62. The van der Waals surface area contributed by atoms with E-state index in [-0.39, 0.29) is 0 Å². The molecule has 0 bridgehead atoms. The van der Waals surface area contributed by atoms with Crippen LogP contribution >= 0.6 is 15.9 Å². The average molecular weight is 281 g/mol. The Balaban J connectivity index is 2.04. The summed E-state index contributed by atoms with van der Waals surface area (Å²) in [5.74, 6) is 0. The number of hydrogen-bond donors (Lipinski definition) is 0. The minimum absolute atomic E-state index is 0.518.